The number of hydrogen-bond donors (Lipinski definition) is 0. The number of allylic oxidation sites excluding steroid dienone is 10. The summed E-state index contributed by atoms with van der Waals surface area (Å²) in [6, 6.07) is 31.3. The van der Waals surface area contributed by atoms with E-state index in [9.17, 15) is 0 Å². The van der Waals surface area contributed by atoms with Gasteiger partial charge >= 0.3 is 0 Å². The fourth-order valence-corrected chi connectivity index (χ4v) is 6.34. The summed E-state index contributed by atoms with van der Waals surface area (Å²) in [5.74, 6) is 2.84. The summed E-state index contributed by atoms with van der Waals surface area (Å²) in [4.78, 5) is 4.87. The van der Waals surface area contributed by atoms with Gasteiger partial charge < -0.3 is 9.13 Å². The summed E-state index contributed by atoms with van der Waals surface area (Å²) in [5.41, 5.74) is 12.7. The summed E-state index contributed by atoms with van der Waals surface area (Å²) in [5, 5.41) is 2.35. The lowest BCUT2D eigenvalue weighted by molar-refractivity contribution is 1.03. The second-order valence-corrected chi connectivity index (χ2v) is 12.0. The summed E-state index contributed by atoms with van der Waals surface area (Å²) in [6.45, 7) is 22.3. The molecular weight excluding hydrogens is 643 g/mol. The van der Waals surface area contributed by atoms with Crippen LogP contribution in [0.25, 0.3) is 56.5 Å². The van der Waals surface area contributed by atoms with E-state index in [-0.39, 0.29) is 0 Å². The maximum atomic E-state index is 5.74. The topological polar surface area (TPSA) is 22.8 Å². The van der Waals surface area contributed by atoms with Gasteiger partial charge in [0.15, 0.2) is 0 Å². The van der Waals surface area contributed by atoms with Crippen LogP contribution in [0, 0.1) is 19.3 Å². The lowest BCUT2D eigenvalue weighted by Gasteiger charge is -2.14. The number of nitrogens with zero attached hydrogens (tertiary/aromatic N) is 3. The average Bonchev–Trinajstić information content (AvgIpc) is 3.66. The molecule has 0 spiro atoms. The van der Waals surface area contributed by atoms with Crippen molar-refractivity contribution in [2.45, 2.75) is 48.5 Å². The number of rotatable bonds is 9. The second kappa shape index (κ2) is 19.3. The van der Waals surface area contributed by atoms with Crippen molar-refractivity contribution in [2.24, 2.45) is 0 Å². The molecule has 6 aromatic rings. The maximum Gasteiger partial charge on any atom is 0.0724 e. The molecule has 3 aromatic heterocycles. The third kappa shape index (κ3) is 8.75. The molecule has 0 aliphatic rings. The van der Waals surface area contributed by atoms with Crippen LogP contribution >= 0.6 is 0 Å². The molecule has 0 unspecified atom stereocenters. The van der Waals surface area contributed by atoms with Gasteiger partial charge in [0, 0.05) is 27.7 Å². The predicted octanol–water partition coefficient (Wildman–Crippen LogP) is 13.8. The van der Waals surface area contributed by atoms with Gasteiger partial charge in [-0.3, -0.25) is 0 Å². The van der Waals surface area contributed by atoms with Crippen LogP contribution in [0.3, 0.4) is 0 Å². The van der Waals surface area contributed by atoms with Gasteiger partial charge in [0.1, 0.15) is 0 Å². The molecule has 3 nitrogen and oxygen atoms in total. The summed E-state index contributed by atoms with van der Waals surface area (Å²) >= 11 is 0. The lowest BCUT2D eigenvalue weighted by Crippen LogP contribution is -2.02. The van der Waals surface area contributed by atoms with Gasteiger partial charge in [-0.15, -0.1) is 6.42 Å². The largest absolute Gasteiger partial charge is 0.313 e. The van der Waals surface area contributed by atoms with E-state index in [0.29, 0.717) is 0 Å². The second-order valence-electron chi connectivity index (χ2n) is 12.0. The van der Waals surface area contributed by atoms with Crippen molar-refractivity contribution in [1.29, 1.82) is 0 Å². The molecule has 0 saturated heterocycles. The Morgan fingerprint density at radius 1 is 0.736 bits per heavy atom. The molecule has 3 heteroatoms. The van der Waals surface area contributed by atoms with E-state index in [0.717, 1.165) is 56.1 Å². The van der Waals surface area contributed by atoms with Gasteiger partial charge in [-0.05, 0) is 88.2 Å². The molecule has 3 heterocycles. The standard InChI is InChI=1S/C29H30N2.C19H15N.C2H6/c1-7-10-11-16-25-23(6)31(29-18-13-12-17-26(25)29)24-19-27(21(4)14-8-2)30-28(20-24)22(5)15-9-3;1-3-10-18-16(4-2)17-13-8-9-14-19(17)20(18)15-11-6-5-7-12-15;1-2/h7-20H,2,5H2,1,3-4,6H3;2-3,5-14H,1H3;1-2H3/b10-7-,15-9-,16-11-,21-14+;10-3-;. The van der Waals surface area contributed by atoms with Gasteiger partial charge in [0.2, 0.25) is 0 Å². The molecule has 53 heavy (non-hydrogen) atoms. The third-order valence-corrected chi connectivity index (χ3v) is 8.66. The molecule has 0 amide bonds. The number of fused-ring (bicyclic) bond motifs is 2. The monoisotopic (exact) mass is 693 g/mol. The number of pyridine rings is 1. The first-order valence-electron chi connectivity index (χ1n) is 18.2. The van der Waals surface area contributed by atoms with Crippen LogP contribution in [0.15, 0.2) is 153 Å². The van der Waals surface area contributed by atoms with Gasteiger partial charge in [0.05, 0.1) is 39.4 Å². The van der Waals surface area contributed by atoms with Crippen molar-refractivity contribution in [2.75, 3.05) is 0 Å². The molecule has 0 radical (unpaired) electrons. The van der Waals surface area contributed by atoms with Crippen LogP contribution in [0.5, 0.6) is 0 Å². The highest BCUT2D eigenvalue weighted by molar-refractivity contribution is 5.94. The van der Waals surface area contributed by atoms with E-state index in [1.165, 1.54) is 22.2 Å². The Morgan fingerprint density at radius 3 is 1.98 bits per heavy atom. The van der Waals surface area contributed by atoms with Gasteiger partial charge in [0.25, 0.3) is 0 Å². The van der Waals surface area contributed by atoms with E-state index in [2.05, 4.69) is 127 Å². The van der Waals surface area contributed by atoms with Crippen molar-refractivity contribution >= 4 is 45.1 Å². The van der Waals surface area contributed by atoms with Crippen LogP contribution < -0.4 is 0 Å². The number of hydrogen-bond acceptors (Lipinski definition) is 1. The van der Waals surface area contributed by atoms with Crippen LogP contribution in [0.4, 0.5) is 0 Å². The van der Waals surface area contributed by atoms with E-state index in [4.69, 9.17) is 11.4 Å². The van der Waals surface area contributed by atoms with Crippen LogP contribution in [0.2, 0.25) is 0 Å². The molecule has 266 valence electrons. The molecular formula is C50H51N3. The fraction of sp³-hybridized carbons (Fsp3) is 0.140. The first-order chi connectivity index (χ1) is 25.9. The van der Waals surface area contributed by atoms with Crippen LogP contribution in [-0.4, -0.2) is 14.1 Å². The first kappa shape index (κ1) is 39.4. The normalized spacial score (nSPS) is 11.6. The molecule has 0 fully saturated rings. The molecule has 0 bridgehead atoms. The third-order valence-electron chi connectivity index (χ3n) is 8.66. The maximum absolute atomic E-state index is 5.74. The van der Waals surface area contributed by atoms with Gasteiger partial charge in [-0.1, -0.05) is 142 Å². The minimum Gasteiger partial charge on any atom is -0.313 e. The Hall–Kier alpha value is -6.37. The van der Waals surface area contributed by atoms with Gasteiger partial charge in [-0.25, -0.2) is 4.98 Å². The molecule has 3 aromatic carbocycles. The Morgan fingerprint density at radius 2 is 1.36 bits per heavy atom. The van der Waals surface area contributed by atoms with E-state index < -0.39 is 0 Å². The minimum atomic E-state index is 0.866. The van der Waals surface area contributed by atoms with Gasteiger partial charge in [-0.2, -0.15) is 0 Å². The number of para-hydroxylation sites is 3. The van der Waals surface area contributed by atoms with Crippen molar-refractivity contribution in [3.05, 3.63) is 187 Å². The smallest absolute Gasteiger partial charge is 0.0724 e. The summed E-state index contributed by atoms with van der Waals surface area (Å²) < 4.78 is 4.52. The Balaban J connectivity index is 0.000000245. The van der Waals surface area contributed by atoms with E-state index in [1.54, 1.807) is 6.08 Å². The lowest BCUT2D eigenvalue weighted by atomic mass is 10.1. The zero-order valence-corrected chi connectivity index (χ0v) is 32.3. The Kier molecular flexibility index (Phi) is 14.4. The minimum absolute atomic E-state index is 0.866. The zero-order valence-electron chi connectivity index (χ0n) is 32.3. The van der Waals surface area contributed by atoms with Crippen molar-refractivity contribution < 1.29 is 0 Å². The number of aromatic nitrogens is 3. The highest BCUT2D eigenvalue weighted by atomic mass is 15.0. The zero-order chi connectivity index (χ0) is 38.3. The number of terminal acetylenes is 1. The van der Waals surface area contributed by atoms with Crippen molar-refractivity contribution in [1.82, 2.24) is 14.1 Å². The highest BCUT2D eigenvalue weighted by Gasteiger charge is 2.16. The Bertz CT molecular complexity index is 2390. The SMILES string of the molecule is C#Cc1c(/C=C\C)n(-c2ccccc2)c2ccccc12.C=C/C=C(\C)c1cc(-n2c(C)c(/C=C\C=C/C)c3ccccc32)cc(C(=C)/C=C\C)n1.CC. The molecule has 0 atom stereocenters. The fourth-order valence-electron chi connectivity index (χ4n) is 6.34. The van der Waals surface area contributed by atoms with E-state index in [1.807, 2.05) is 95.3 Å². The molecule has 0 aliphatic carbocycles. The highest BCUT2D eigenvalue weighted by Crippen LogP contribution is 2.33. The van der Waals surface area contributed by atoms with E-state index >= 15 is 0 Å². The quantitative estimate of drug-likeness (QED) is 0.109. The van der Waals surface area contributed by atoms with Crippen molar-refractivity contribution in [3.63, 3.8) is 0 Å². The molecule has 0 saturated carbocycles. The average molecular weight is 694 g/mol. The predicted molar refractivity (Wildman–Crippen MR) is 235 cm³/mol. The van der Waals surface area contributed by atoms with Crippen LogP contribution in [0.1, 0.15) is 75.4 Å². The Labute approximate surface area is 317 Å². The number of benzene rings is 3. The molecule has 6 rings (SSSR count). The summed E-state index contributed by atoms with van der Waals surface area (Å²) in [7, 11) is 0. The molecule has 0 N–H and O–H groups in total. The molecule has 0 aliphatic heterocycles. The summed E-state index contributed by atoms with van der Waals surface area (Å²) in [6.07, 6.45) is 26.0. The van der Waals surface area contributed by atoms with Crippen molar-refractivity contribution in [3.8, 4) is 23.7 Å². The first-order valence-corrected chi connectivity index (χ1v) is 18.2. The van der Waals surface area contributed by atoms with Crippen LogP contribution in [-0.2, 0) is 0 Å².